The van der Waals surface area contributed by atoms with Crippen LogP contribution in [-0.4, -0.2) is 12.6 Å². The van der Waals surface area contributed by atoms with Gasteiger partial charge in [0.2, 0.25) is 0 Å². The highest BCUT2D eigenvalue weighted by atomic mass is 28.3. The highest BCUT2D eigenvalue weighted by Crippen LogP contribution is 2.34. The van der Waals surface area contributed by atoms with Gasteiger partial charge in [0.25, 0.3) is 0 Å². The van der Waals surface area contributed by atoms with E-state index in [1.807, 2.05) is 30.4 Å². The Balaban J connectivity index is 1.37. The van der Waals surface area contributed by atoms with Gasteiger partial charge in [0.05, 0.1) is 5.52 Å². The van der Waals surface area contributed by atoms with E-state index < -0.39 is 8.07 Å². The van der Waals surface area contributed by atoms with Crippen molar-refractivity contribution in [1.82, 2.24) is 4.57 Å². The van der Waals surface area contributed by atoms with E-state index in [0.717, 1.165) is 50.2 Å². The van der Waals surface area contributed by atoms with Crippen molar-refractivity contribution >= 4 is 62.6 Å². The molecule has 0 spiro atoms. The van der Waals surface area contributed by atoms with Gasteiger partial charge in [-0.15, -0.1) is 0 Å². The summed E-state index contributed by atoms with van der Waals surface area (Å²) >= 11 is 0. The molecule has 3 nitrogen and oxygen atoms in total. The average Bonchev–Trinajstić information content (AvgIpc) is 3.67. The third-order valence-corrected chi connectivity index (χ3v) is 13.3. The third kappa shape index (κ3) is 4.42. The number of ether oxygens (including phenoxy) is 1. The van der Waals surface area contributed by atoms with Crippen molar-refractivity contribution in [2.75, 3.05) is 0 Å². The van der Waals surface area contributed by atoms with E-state index >= 15 is 0 Å². The van der Waals surface area contributed by atoms with Gasteiger partial charge in [-0.25, -0.2) is 0 Å². The first-order valence-corrected chi connectivity index (χ1v) is 17.5. The number of rotatable bonds is 7. The molecule has 0 saturated carbocycles. The molecule has 0 saturated heterocycles. The summed E-state index contributed by atoms with van der Waals surface area (Å²) in [5.41, 5.74) is 7.49. The molecule has 3 heterocycles. The molecule has 4 heteroatoms. The van der Waals surface area contributed by atoms with Crippen LogP contribution in [0.3, 0.4) is 0 Å². The number of benzene rings is 5. The number of furan rings is 1. The van der Waals surface area contributed by atoms with Gasteiger partial charge < -0.3 is 13.7 Å². The van der Waals surface area contributed by atoms with Crippen LogP contribution in [0.5, 0.6) is 5.75 Å². The van der Waals surface area contributed by atoms with Crippen LogP contribution in [0.1, 0.15) is 5.56 Å². The van der Waals surface area contributed by atoms with Gasteiger partial charge in [-0.3, -0.25) is 0 Å². The standard InChI is InChI=1S/C42H31NO2Si/c1-3-5-14-30-28-43(38-19-11-10-18-35(30)38)31-22-24-39-36(26-31)37-27-34(23-25-40(37)45-39)46(33-16-8-7-9-17-33)29-32(15-6-4-2)44-41-20-12-13-21-42(41)46/h3-29H,1-2H2/b14-5-,15-6-. The molecule has 1 aliphatic heterocycles. The first-order valence-electron chi connectivity index (χ1n) is 15.4. The van der Waals surface area contributed by atoms with Gasteiger partial charge in [0.15, 0.2) is 8.07 Å². The van der Waals surface area contributed by atoms with E-state index in [1.165, 1.54) is 20.9 Å². The van der Waals surface area contributed by atoms with Crippen LogP contribution in [-0.2, 0) is 0 Å². The van der Waals surface area contributed by atoms with Gasteiger partial charge in [-0.2, -0.15) is 0 Å². The monoisotopic (exact) mass is 609 g/mol. The van der Waals surface area contributed by atoms with Crippen molar-refractivity contribution < 1.29 is 9.15 Å². The van der Waals surface area contributed by atoms with Crippen LogP contribution < -0.4 is 20.3 Å². The van der Waals surface area contributed by atoms with Gasteiger partial charge in [-0.1, -0.05) is 122 Å². The fourth-order valence-electron chi connectivity index (χ4n) is 6.80. The zero-order valence-electron chi connectivity index (χ0n) is 25.3. The summed E-state index contributed by atoms with van der Waals surface area (Å²) in [6.07, 6.45) is 13.8. The molecule has 0 radical (unpaired) electrons. The number of allylic oxidation sites excluding steroid dienone is 5. The molecule has 7 aromatic rings. The van der Waals surface area contributed by atoms with Crippen LogP contribution in [0.2, 0.25) is 0 Å². The van der Waals surface area contributed by atoms with Crippen LogP contribution >= 0.6 is 0 Å². The number of fused-ring (bicyclic) bond motifs is 5. The molecule has 46 heavy (non-hydrogen) atoms. The Labute approximate surface area is 269 Å². The van der Waals surface area contributed by atoms with E-state index in [4.69, 9.17) is 9.15 Å². The number of hydrogen-bond donors (Lipinski definition) is 0. The molecule has 0 bridgehead atoms. The molecule has 0 amide bonds. The quantitative estimate of drug-likeness (QED) is 0.133. The van der Waals surface area contributed by atoms with Gasteiger partial charge in [0, 0.05) is 33.6 Å². The Morgan fingerprint density at radius 2 is 1.35 bits per heavy atom. The lowest BCUT2D eigenvalue weighted by atomic mass is 10.1. The van der Waals surface area contributed by atoms with Crippen molar-refractivity contribution in [2.24, 2.45) is 0 Å². The van der Waals surface area contributed by atoms with Crippen molar-refractivity contribution in [2.45, 2.75) is 0 Å². The highest BCUT2D eigenvalue weighted by molar-refractivity contribution is 7.15. The fraction of sp³-hybridized carbons (Fsp3) is 0. The maximum absolute atomic E-state index is 6.44. The Morgan fingerprint density at radius 3 is 2.20 bits per heavy atom. The summed E-state index contributed by atoms with van der Waals surface area (Å²) in [6, 6.07) is 41.0. The Morgan fingerprint density at radius 1 is 0.630 bits per heavy atom. The third-order valence-electron chi connectivity index (χ3n) is 8.87. The SMILES string of the molecule is C=C/C=C\C1=C[Si](c2ccccc2)(c2ccc3oc4ccc(-n5cc(/C=C\C=C)c6ccccc65)cc4c3c2)c2ccccc2O1. The molecule has 1 unspecified atom stereocenters. The van der Waals surface area contributed by atoms with E-state index in [1.54, 1.807) is 6.08 Å². The summed E-state index contributed by atoms with van der Waals surface area (Å²) in [7, 11) is -2.71. The van der Waals surface area contributed by atoms with E-state index in [2.05, 4.69) is 145 Å². The molecule has 5 aromatic carbocycles. The molecule has 2 aromatic heterocycles. The van der Waals surface area contributed by atoms with Crippen molar-refractivity contribution in [3.05, 3.63) is 182 Å². The molecule has 1 aliphatic rings. The van der Waals surface area contributed by atoms with Gasteiger partial charge >= 0.3 is 0 Å². The maximum Gasteiger partial charge on any atom is 0.180 e. The van der Waals surface area contributed by atoms with Gasteiger partial charge in [0.1, 0.15) is 22.7 Å². The summed E-state index contributed by atoms with van der Waals surface area (Å²) < 4.78 is 15.1. The predicted octanol–water partition coefficient (Wildman–Crippen LogP) is 8.76. The molecule has 0 N–H and O–H groups in total. The van der Waals surface area contributed by atoms with Crippen molar-refractivity contribution in [1.29, 1.82) is 0 Å². The van der Waals surface area contributed by atoms with Crippen molar-refractivity contribution in [3.8, 4) is 11.4 Å². The lowest BCUT2D eigenvalue weighted by molar-refractivity contribution is 0.446. The minimum atomic E-state index is -2.71. The highest BCUT2D eigenvalue weighted by Gasteiger charge is 2.43. The predicted molar refractivity (Wildman–Crippen MR) is 195 cm³/mol. The minimum Gasteiger partial charge on any atom is -0.458 e. The zero-order chi connectivity index (χ0) is 31.1. The second kappa shape index (κ2) is 11.3. The molecule has 8 rings (SSSR count). The lowest BCUT2D eigenvalue weighted by Gasteiger charge is -2.35. The van der Waals surface area contributed by atoms with Gasteiger partial charge in [-0.05, 0) is 63.7 Å². The second-order valence-electron chi connectivity index (χ2n) is 11.5. The number of hydrogen-bond acceptors (Lipinski definition) is 2. The molecule has 0 fully saturated rings. The van der Waals surface area contributed by atoms with E-state index in [0.29, 0.717) is 0 Å². The van der Waals surface area contributed by atoms with Crippen LogP contribution in [0.4, 0.5) is 0 Å². The Hall–Kier alpha value is -5.84. The summed E-state index contributed by atoms with van der Waals surface area (Å²) in [6.45, 7) is 7.74. The number of para-hydroxylation sites is 2. The van der Waals surface area contributed by atoms with Crippen LogP contribution in [0.25, 0.3) is 44.6 Å². The van der Waals surface area contributed by atoms with Crippen LogP contribution in [0.15, 0.2) is 181 Å². The number of nitrogens with zero attached hydrogens (tertiary/aromatic N) is 1. The maximum atomic E-state index is 6.44. The Bertz CT molecular complexity index is 2390. The fourth-order valence-corrected chi connectivity index (χ4v) is 11.1. The zero-order valence-corrected chi connectivity index (χ0v) is 26.3. The second-order valence-corrected chi connectivity index (χ2v) is 15.1. The largest absolute Gasteiger partial charge is 0.458 e. The van der Waals surface area contributed by atoms with E-state index in [-0.39, 0.29) is 0 Å². The normalized spacial score (nSPS) is 16.2. The smallest absolute Gasteiger partial charge is 0.180 e. The first kappa shape index (κ1) is 27.7. The lowest BCUT2D eigenvalue weighted by Crippen LogP contribution is -2.67. The topological polar surface area (TPSA) is 27.3 Å². The summed E-state index contributed by atoms with van der Waals surface area (Å²) in [4.78, 5) is 0. The molecular weight excluding hydrogens is 579 g/mol. The molecule has 1 atom stereocenters. The van der Waals surface area contributed by atoms with E-state index in [9.17, 15) is 0 Å². The summed E-state index contributed by atoms with van der Waals surface area (Å²) in [5.74, 6) is 1.72. The molecule has 220 valence electrons. The molecule has 0 aliphatic carbocycles. The minimum absolute atomic E-state index is 0.828. The van der Waals surface area contributed by atoms with Crippen LogP contribution in [0, 0.1) is 0 Å². The summed E-state index contributed by atoms with van der Waals surface area (Å²) in [5, 5.41) is 7.17. The van der Waals surface area contributed by atoms with Crippen molar-refractivity contribution in [3.63, 3.8) is 0 Å². The number of aromatic nitrogens is 1. The average molecular weight is 610 g/mol. The first-order chi connectivity index (χ1) is 22.7. The Kier molecular flexibility index (Phi) is 6.78. The molecular formula is C42H31NO2Si.